The Kier molecular flexibility index (Phi) is 4.00. The number of rotatable bonds is 3. The molecule has 0 aliphatic heterocycles. The summed E-state index contributed by atoms with van der Waals surface area (Å²) >= 11 is 11.7. The fourth-order valence-corrected chi connectivity index (χ4v) is 1.52. The van der Waals surface area contributed by atoms with Crippen molar-refractivity contribution in [1.82, 2.24) is 0 Å². The third kappa shape index (κ3) is 2.58. The zero-order chi connectivity index (χ0) is 9.84. The molecule has 0 aliphatic carbocycles. The minimum atomic E-state index is -0.629. The molecule has 0 bridgehead atoms. The van der Waals surface area contributed by atoms with Gasteiger partial charge in [0, 0.05) is 5.56 Å². The second kappa shape index (κ2) is 4.82. The average molecular weight is 220 g/mol. The molecule has 2 nitrogen and oxygen atoms in total. The fraction of sp³-hybridized carbons (Fsp3) is 0.333. The van der Waals surface area contributed by atoms with Crippen molar-refractivity contribution in [3.05, 3.63) is 33.8 Å². The first-order valence-corrected chi connectivity index (χ1v) is 4.74. The molecular weight excluding hydrogens is 209 g/mol. The van der Waals surface area contributed by atoms with Crippen LogP contribution in [0.4, 0.5) is 0 Å². The van der Waals surface area contributed by atoms with Crippen LogP contribution in [0.3, 0.4) is 0 Å². The first-order chi connectivity index (χ1) is 6.16. The third-order valence-electron chi connectivity index (χ3n) is 1.78. The number of aliphatic hydroxyl groups is 1. The molecule has 0 saturated heterocycles. The van der Waals surface area contributed by atoms with E-state index in [4.69, 9.17) is 28.9 Å². The van der Waals surface area contributed by atoms with Gasteiger partial charge in [-0.25, -0.2) is 0 Å². The number of hydrogen-bond acceptors (Lipinski definition) is 2. The van der Waals surface area contributed by atoms with Crippen LogP contribution < -0.4 is 5.73 Å². The Morgan fingerprint density at radius 1 is 1.38 bits per heavy atom. The third-order valence-corrected chi connectivity index (χ3v) is 2.61. The number of aliphatic hydroxyl groups excluding tert-OH is 1. The highest BCUT2D eigenvalue weighted by Gasteiger charge is 2.12. The molecule has 1 rings (SSSR count). The second-order valence-corrected chi connectivity index (χ2v) is 3.52. The number of halogens is 2. The summed E-state index contributed by atoms with van der Waals surface area (Å²) in [5.74, 6) is 0. The van der Waals surface area contributed by atoms with Gasteiger partial charge in [-0.05, 0) is 19.0 Å². The summed E-state index contributed by atoms with van der Waals surface area (Å²) in [6, 6.07) is 5.18. The van der Waals surface area contributed by atoms with Crippen LogP contribution in [0.2, 0.25) is 10.0 Å². The lowest BCUT2D eigenvalue weighted by atomic mass is 10.1. The van der Waals surface area contributed by atoms with E-state index in [0.29, 0.717) is 28.6 Å². The molecular formula is C9H11Cl2NO. The number of hydrogen-bond donors (Lipinski definition) is 2. The van der Waals surface area contributed by atoms with Crippen LogP contribution in [0.1, 0.15) is 18.1 Å². The number of benzene rings is 1. The SMILES string of the molecule is NCCC(O)c1cccc(Cl)c1Cl. The van der Waals surface area contributed by atoms with Crippen molar-refractivity contribution in [2.24, 2.45) is 5.73 Å². The first-order valence-electron chi connectivity index (χ1n) is 3.99. The van der Waals surface area contributed by atoms with Crippen molar-refractivity contribution in [3.63, 3.8) is 0 Å². The van der Waals surface area contributed by atoms with Crippen molar-refractivity contribution in [2.75, 3.05) is 6.54 Å². The lowest BCUT2D eigenvalue weighted by Crippen LogP contribution is -2.07. The van der Waals surface area contributed by atoms with E-state index in [2.05, 4.69) is 0 Å². The van der Waals surface area contributed by atoms with E-state index in [1.807, 2.05) is 0 Å². The molecule has 0 amide bonds. The Balaban J connectivity index is 2.93. The summed E-state index contributed by atoms with van der Waals surface area (Å²) in [6.07, 6.45) is -0.142. The molecule has 3 N–H and O–H groups in total. The minimum absolute atomic E-state index is 0.408. The largest absolute Gasteiger partial charge is 0.388 e. The van der Waals surface area contributed by atoms with E-state index in [0.717, 1.165) is 0 Å². The van der Waals surface area contributed by atoms with E-state index in [9.17, 15) is 5.11 Å². The summed E-state index contributed by atoms with van der Waals surface area (Å²) in [4.78, 5) is 0. The highest BCUT2D eigenvalue weighted by atomic mass is 35.5. The molecule has 1 aromatic rings. The Bertz CT molecular complexity index is 291. The molecule has 0 radical (unpaired) electrons. The highest BCUT2D eigenvalue weighted by molar-refractivity contribution is 6.42. The molecule has 0 aromatic heterocycles. The molecule has 0 spiro atoms. The Hall–Kier alpha value is -0.280. The van der Waals surface area contributed by atoms with Gasteiger partial charge in [0.1, 0.15) is 0 Å². The van der Waals surface area contributed by atoms with Gasteiger partial charge in [0.25, 0.3) is 0 Å². The Morgan fingerprint density at radius 2 is 2.08 bits per heavy atom. The lowest BCUT2D eigenvalue weighted by molar-refractivity contribution is 0.170. The molecule has 1 aromatic carbocycles. The molecule has 0 aliphatic rings. The van der Waals surface area contributed by atoms with Crippen LogP contribution in [-0.2, 0) is 0 Å². The van der Waals surface area contributed by atoms with Crippen LogP contribution >= 0.6 is 23.2 Å². The van der Waals surface area contributed by atoms with E-state index in [1.54, 1.807) is 18.2 Å². The second-order valence-electron chi connectivity index (χ2n) is 2.74. The fourth-order valence-electron chi connectivity index (χ4n) is 1.09. The summed E-state index contributed by atoms with van der Waals surface area (Å²) in [5.41, 5.74) is 5.96. The summed E-state index contributed by atoms with van der Waals surface area (Å²) in [7, 11) is 0. The molecule has 4 heteroatoms. The quantitative estimate of drug-likeness (QED) is 0.821. The molecule has 1 unspecified atom stereocenters. The topological polar surface area (TPSA) is 46.2 Å². The van der Waals surface area contributed by atoms with E-state index < -0.39 is 6.10 Å². The predicted molar refractivity (Wildman–Crippen MR) is 55.1 cm³/mol. The average Bonchev–Trinajstić information content (AvgIpc) is 2.10. The molecule has 0 saturated carbocycles. The van der Waals surface area contributed by atoms with E-state index in [1.165, 1.54) is 0 Å². The van der Waals surface area contributed by atoms with Crippen molar-refractivity contribution in [3.8, 4) is 0 Å². The van der Waals surface area contributed by atoms with Crippen molar-refractivity contribution >= 4 is 23.2 Å². The lowest BCUT2D eigenvalue weighted by Gasteiger charge is -2.11. The Morgan fingerprint density at radius 3 is 2.69 bits per heavy atom. The van der Waals surface area contributed by atoms with Gasteiger partial charge < -0.3 is 10.8 Å². The van der Waals surface area contributed by atoms with E-state index in [-0.39, 0.29) is 0 Å². The summed E-state index contributed by atoms with van der Waals surface area (Å²) in [5, 5.41) is 10.5. The van der Waals surface area contributed by atoms with Gasteiger partial charge in [-0.15, -0.1) is 0 Å². The molecule has 72 valence electrons. The van der Waals surface area contributed by atoms with Crippen LogP contribution in [0.25, 0.3) is 0 Å². The Labute approximate surface area is 87.3 Å². The standard InChI is InChI=1S/C9H11Cl2NO/c10-7-3-1-2-6(9(7)11)8(13)4-5-12/h1-3,8,13H,4-5,12H2. The zero-order valence-electron chi connectivity index (χ0n) is 7.00. The molecule has 0 heterocycles. The molecule has 1 atom stereocenters. The maximum absolute atomic E-state index is 9.60. The zero-order valence-corrected chi connectivity index (χ0v) is 8.52. The maximum Gasteiger partial charge on any atom is 0.0817 e. The van der Waals surface area contributed by atoms with Gasteiger partial charge in [0.15, 0.2) is 0 Å². The maximum atomic E-state index is 9.60. The van der Waals surface area contributed by atoms with Gasteiger partial charge in [0.2, 0.25) is 0 Å². The molecule has 0 fully saturated rings. The van der Waals surface area contributed by atoms with Gasteiger partial charge in [-0.2, -0.15) is 0 Å². The summed E-state index contributed by atoms with van der Waals surface area (Å²) in [6.45, 7) is 0.421. The minimum Gasteiger partial charge on any atom is -0.388 e. The summed E-state index contributed by atoms with van der Waals surface area (Å²) < 4.78 is 0. The van der Waals surface area contributed by atoms with E-state index >= 15 is 0 Å². The van der Waals surface area contributed by atoms with Crippen molar-refractivity contribution < 1.29 is 5.11 Å². The smallest absolute Gasteiger partial charge is 0.0817 e. The van der Waals surface area contributed by atoms with Crippen molar-refractivity contribution in [1.29, 1.82) is 0 Å². The van der Waals surface area contributed by atoms with Crippen LogP contribution in [0.15, 0.2) is 18.2 Å². The molecule has 13 heavy (non-hydrogen) atoms. The monoisotopic (exact) mass is 219 g/mol. The van der Waals surface area contributed by atoms with Crippen LogP contribution in [0, 0.1) is 0 Å². The van der Waals surface area contributed by atoms with Crippen LogP contribution in [-0.4, -0.2) is 11.7 Å². The predicted octanol–water partition coefficient (Wildman–Crippen LogP) is 2.38. The van der Waals surface area contributed by atoms with Crippen molar-refractivity contribution in [2.45, 2.75) is 12.5 Å². The van der Waals surface area contributed by atoms with Gasteiger partial charge in [-0.3, -0.25) is 0 Å². The normalized spacial score (nSPS) is 12.9. The highest BCUT2D eigenvalue weighted by Crippen LogP contribution is 2.30. The van der Waals surface area contributed by atoms with Gasteiger partial charge in [-0.1, -0.05) is 35.3 Å². The number of nitrogens with two attached hydrogens (primary N) is 1. The first kappa shape index (κ1) is 10.8. The van der Waals surface area contributed by atoms with Gasteiger partial charge in [0.05, 0.1) is 16.1 Å². The van der Waals surface area contributed by atoms with Crippen LogP contribution in [0.5, 0.6) is 0 Å². The van der Waals surface area contributed by atoms with Gasteiger partial charge >= 0.3 is 0 Å².